The standard InChI is InChI=1S/C7H12S2/c1-9-7(8)6-4-2-3-5-6/h6H,2-5H2,1H3. The zero-order chi connectivity index (χ0) is 6.69. The van der Waals surface area contributed by atoms with Crippen molar-refractivity contribution in [3.05, 3.63) is 0 Å². The van der Waals surface area contributed by atoms with Crippen molar-refractivity contribution >= 4 is 28.2 Å². The number of hydrogen-bond acceptors (Lipinski definition) is 2. The van der Waals surface area contributed by atoms with E-state index in [0.29, 0.717) is 0 Å². The minimum atomic E-state index is 0.773. The van der Waals surface area contributed by atoms with E-state index in [2.05, 4.69) is 6.26 Å². The largest absolute Gasteiger partial charge is 0.122 e. The van der Waals surface area contributed by atoms with Gasteiger partial charge in [-0.1, -0.05) is 25.1 Å². The van der Waals surface area contributed by atoms with Gasteiger partial charge in [0, 0.05) is 5.92 Å². The molecule has 0 unspecified atom stereocenters. The lowest BCUT2D eigenvalue weighted by Gasteiger charge is -2.05. The zero-order valence-electron chi connectivity index (χ0n) is 5.72. The van der Waals surface area contributed by atoms with Crippen LogP contribution in [0.15, 0.2) is 0 Å². The molecule has 0 nitrogen and oxygen atoms in total. The fraction of sp³-hybridized carbons (Fsp3) is 0.857. The summed E-state index contributed by atoms with van der Waals surface area (Å²) in [6.45, 7) is 0. The minimum absolute atomic E-state index is 0.773. The lowest BCUT2D eigenvalue weighted by molar-refractivity contribution is 0.749. The van der Waals surface area contributed by atoms with Gasteiger partial charge in [0.15, 0.2) is 0 Å². The summed E-state index contributed by atoms with van der Waals surface area (Å²) < 4.78 is 1.23. The van der Waals surface area contributed by atoms with Gasteiger partial charge in [0.1, 0.15) is 0 Å². The van der Waals surface area contributed by atoms with Crippen LogP contribution in [0.1, 0.15) is 25.7 Å². The molecule has 0 aromatic rings. The fourth-order valence-electron chi connectivity index (χ4n) is 1.33. The third-order valence-electron chi connectivity index (χ3n) is 1.89. The Morgan fingerprint density at radius 1 is 1.44 bits per heavy atom. The van der Waals surface area contributed by atoms with E-state index in [4.69, 9.17) is 12.2 Å². The molecule has 0 N–H and O–H groups in total. The van der Waals surface area contributed by atoms with Crippen LogP contribution < -0.4 is 0 Å². The first kappa shape index (κ1) is 7.55. The van der Waals surface area contributed by atoms with E-state index in [9.17, 15) is 0 Å². The average Bonchev–Trinajstić information content (AvgIpc) is 2.37. The van der Waals surface area contributed by atoms with Crippen molar-refractivity contribution in [2.75, 3.05) is 6.26 Å². The summed E-state index contributed by atoms with van der Waals surface area (Å²) in [5.74, 6) is 0.773. The molecule has 0 saturated heterocycles. The minimum Gasteiger partial charge on any atom is -0.122 e. The Morgan fingerprint density at radius 2 is 2.00 bits per heavy atom. The Labute approximate surface area is 66.4 Å². The van der Waals surface area contributed by atoms with Crippen LogP contribution in [0, 0.1) is 5.92 Å². The third kappa shape index (κ3) is 1.94. The quantitative estimate of drug-likeness (QED) is 0.541. The summed E-state index contributed by atoms with van der Waals surface area (Å²) in [5, 5.41) is 0. The van der Waals surface area contributed by atoms with Crippen LogP contribution in [0.5, 0.6) is 0 Å². The van der Waals surface area contributed by atoms with Crippen molar-refractivity contribution in [3.8, 4) is 0 Å². The molecule has 52 valence electrons. The Bertz CT molecular complexity index is 103. The lowest BCUT2D eigenvalue weighted by Crippen LogP contribution is -2.01. The molecule has 1 aliphatic rings. The second-order valence-electron chi connectivity index (χ2n) is 2.50. The Kier molecular flexibility index (Phi) is 2.99. The van der Waals surface area contributed by atoms with Gasteiger partial charge in [-0.25, -0.2) is 0 Å². The molecule has 0 bridgehead atoms. The molecule has 9 heavy (non-hydrogen) atoms. The summed E-state index contributed by atoms with van der Waals surface area (Å²) >= 11 is 6.93. The van der Waals surface area contributed by atoms with Gasteiger partial charge in [-0.2, -0.15) is 0 Å². The predicted molar refractivity (Wildman–Crippen MR) is 48.1 cm³/mol. The number of thiocarbonyl (C=S) groups is 1. The highest BCUT2D eigenvalue weighted by atomic mass is 32.2. The van der Waals surface area contributed by atoms with Crippen molar-refractivity contribution in [1.29, 1.82) is 0 Å². The van der Waals surface area contributed by atoms with Gasteiger partial charge in [-0.15, -0.1) is 11.8 Å². The van der Waals surface area contributed by atoms with Crippen molar-refractivity contribution in [3.63, 3.8) is 0 Å². The van der Waals surface area contributed by atoms with Crippen molar-refractivity contribution in [1.82, 2.24) is 0 Å². The highest BCUT2D eigenvalue weighted by Gasteiger charge is 2.17. The average molecular weight is 160 g/mol. The van der Waals surface area contributed by atoms with E-state index in [1.807, 2.05) is 0 Å². The summed E-state index contributed by atoms with van der Waals surface area (Å²) in [4.78, 5) is 0. The molecule has 2 heteroatoms. The Balaban J connectivity index is 2.32. The van der Waals surface area contributed by atoms with Crippen LogP contribution in [0.3, 0.4) is 0 Å². The van der Waals surface area contributed by atoms with E-state index in [0.717, 1.165) is 5.92 Å². The first-order valence-corrected chi connectivity index (χ1v) is 5.05. The zero-order valence-corrected chi connectivity index (χ0v) is 7.36. The predicted octanol–water partition coefficient (Wildman–Crippen LogP) is 2.87. The van der Waals surface area contributed by atoms with Crippen LogP contribution in [0.2, 0.25) is 0 Å². The van der Waals surface area contributed by atoms with Gasteiger partial charge < -0.3 is 0 Å². The number of hydrogen-bond donors (Lipinski definition) is 0. The molecule has 0 aromatic heterocycles. The smallest absolute Gasteiger partial charge is 0.0506 e. The molecular formula is C7H12S2. The molecule has 1 rings (SSSR count). The normalized spacial score (nSPS) is 20.6. The van der Waals surface area contributed by atoms with Crippen LogP contribution in [-0.4, -0.2) is 10.5 Å². The van der Waals surface area contributed by atoms with E-state index < -0.39 is 0 Å². The van der Waals surface area contributed by atoms with E-state index in [-0.39, 0.29) is 0 Å². The lowest BCUT2D eigenvalue weighted by atomic mass is 10.1. The van der Waals surface area contributed by atoms with Crippen molar-refractivity contribution < 1.29 is 0 Å². The number of thioether (sulfide) groups is 1. The van der Waals surface area contributed by atoms with Crippen LogP contribution >= 0.6 is 24.0 Å². The van der Waals surface area contributed by atoms with Gasteiger partial charge in [-0.05, 0) is 19.1 Å². The summed E-state index contributed by atoms with van der Waals surface area (Å²) in [5.41, 5.74) is 0. The molecule has 0 atom stereocenters. The fourth-order valence-corrected chi connectivity index (χ4v) is 2.13. The molecule has 1 aliphatic carbocycles. The monoisotopic (exact) mass is 160 g/mol. The second-order valence-corrected chi connectivity index (χ2v) is 4.05. The maximum Gasteiger partial charge on any atom is 0.0506 e. The molecule has 0 radical (unpaired) electrons. The van der Waals surface area contributed by atoms with Crippen LogP contribution in [-0.2, 0) is 0 Å². The first-order chi connectivity index (χ1) is 4.34. The molecular weight excluding hydrogens is 148 g/mol. The first-order valence-electron chi connectivity index (χ1n) is 3.42. The topological polar surface area (TPSA) is 0 Å². The summed E-state index contributed by atoms with van der Waals surface area (Å²) in [6, 6.07) is 0. The van der Waals surface area contributed by atoms with E-state index >= 15 is 0 Å². The van der Waals surface area contributed by atoms with Gasteiger partial charge in [0.05, 0.1) is 4.20 Å². The third-order valence-corrected chi connectivity index (χ3v) is 3.46. The van der Waals surface area contributed by atoms with Crippen molar-refractivity contribution in [2.24, 2.45) is 5.92 Å². The van der Waals surface area contributed by atoms with Crippen LogP contribution in [0.25, 0.3) is 0 Å². The molecule has 0 amide bonds. The molecule has 1 saturated carbocycles. The maximum atomic E-state index is 5.18. The Hall–Kier alpha value is 0.440. The SMILES string of the molecule is CSC(=S)C1CCCC1. The van der Waals surface area contributed by atoms with Crippen molar-refractivity contribution in [2.45, 2.75) is 25.7 Å². The Morgan fingerprint density at radius 3 is 2.44 bits per heavy atom. The molecule has 1 fully saturated rings. The molecule has 0 spiro atoms. The van der Waals surface area contributed by atoms with Gasteiger partial charge in [-0.3, -0.25) is 0 Å². The second kappa shape index (κ2) is 3.57. The molecule has 0 aromatic carbocycles. The molecule has 0 aliphatic heterocycles. The van der Waals surface area contributed by atoms with Gasteiger partial charge >= 0.3 is 0 Å². The van der Waals surface area contributed by atoms with Crippen LogP contribution in [0.4, 0.5) is 0 Å². The van der Waals surface area contributed by atoms with E-state index in [1.54, 1.807) is 11.8 Å². The van der Waals surface area contributed by atoms with E-state index in [1.165, 1.54) is 29.9 Å². The highest BCUT2D eigenvalue weighted by Crippen LogP contribution is 2.29. The summed E-state index contributed by atoms with van der Waals surface area (Å²) in [7, 11) is 0. The molecule has 0 heterocycles. The highest BCUT2D eigenvalue weighted by molar-refractivity contribution is 8.22. The maximum absolute atomic E-state index is 5.18. The summed E-state index contributed by atoms with van der Waals surface area (Å²) in [6.07, 6.45) is 7.57. The van der Waals surface area contributed by atoms with Gasteiger partial charge in [0.2, 0.25) is 0 Å². The van der Waals surface area contributed by atoms with Gasteiger partial charge in [0.25, 0.3) is 0 Å². The number of rotatable bonds is 1.